The molecule has 6 heteroatoms. The molecule has 2 saturated heterocycles. The van der Waals surface area contributed by atoms with Crippen molar-refractivity contribution >= 4 is 0 Å². The maximum Gasteiger partial charge on any atom is 0.165 e. The first-order valence-corrected chi connectivity index (χ1v) is 10.3. The van der Waals surface area contributed by atoms with Crippen molar-refractivity contribution in [3.8, 4) is 11.5 Å². The molecule has 0 spiro atoms. The van der Waals surface area contributed by atoms with E-state index in [4.69, 9.17) is 23.7 Å². The highest BCUT2D eigenvalue weighted by atomic mass is 19.1. The van der Waals surface area contributed by atoms with Crippen LogP contribution in [-0.2, 0) is 19.6 Å². The van der Waals surface area contributed by atoms with Crippen LogP contribution < -0.4 is 9.47 Å². The fourth-order valence-corrected chi connectivity index (χ4v) is 3.52. The molecule has 0 aromatic heterocycles. The lowest BCUT2D eigenvalue weighted by atomic mass is 9.78. The van der Waals surface area contributed by atoms with E-state index in [1.54, 1.807) is 12.1 Å². The molecule has 0 bridgehead atoms. The van der Waals surface area contributed by atoms with Gasteiger partial charge in [-0.3, -0.25) is 0 Å². The molecule has 30 heavy (non-hydrogen) atoms. The van der Waals surface area contributed by atoms with Crippen molar-refractivity contribution in [1.29, 1.82) is 0 Å². The molecule has 2 aromatic rings. The van der Waals surface area contributed by atoms with Crippen molar-refractivity contribution in [3.05, 3.63) is 59.4 Å². The van der Waals surface area contributed by atoms with Crippen molar-refractivity contribution in [2.45, 2.75) is 51.1 Å². The van der Waals surface area contributed by atoms with E-state index >= 15 is 0 Å². The second-order valence-corrected chi connectivity index (χ2v) is 8.82. The van der Waals surface area contributed by atoms with Gasteiger partial charge in [0.05, 0.1) is 13.2 Å². The number of hydrogen-bond acceptors (Lipinski definition) is 5. The molecular weight excluding hydrogens is 387 g/mol. The van der Waals surface area contributed by atoms with E-state index in [9.17, 15) is 4.39 Å². The first-order chi connectivity index (χ1) is 14.2. The van der Waals surface area contributed by atoms with Gasteiger partial charge in [-0.2, -0.15) is 0 Å². The second-order valence-electron chi connectivity index (χ2n) is 8.82. The van der Waals surface area contributed by atoms with Crippen LogP contribution in [0.5, 0.6) is 11.5 Å². The highest BCUT2D eigenvalue weighted by Crippen LogP contribution is 2.34. The molecular formula is C24H29FO5. The van der Waals surface area contributed by atoms with Gasteiger partial charge in [-0.1, -0.05) is 32.0 Å². The quantitative estimate of drug-likeness (QED) is 0.595. The van der Waals surface area contributed by atoms with Crippen molar-refractivity contribution < 1.29 is 28.1 Å². The molecule has 2 aromatic carbocycles. The van der Waals surface area contributed by atoms with Crippen LogP contribution in [0.3, 0.4) is 0 Å². The van der Waals surface area contributed by atoms with Crippen molar-refractivity contribution in [2.75, 3.05) is 26.4 Å². The fourth-order valence-electron chi connectivity index (χ4n) is 3.52. The predicted octanol–water partition coefficient (Wildman–Crippen LogP) is 4.46. The third-order valence-electron chi connectivity index (χ3n) is 5.56. The van der Waals surface area contributed by atoms with Crippen LogP contribution in [0.4, 0.5) is 4.39 Å². The summed E-state index contributed by atoms with van der Waals surface area (Å²) in [6, 6.07) is 13.0. The van der Waals surface area contributed by atoms with Crippen LogP contribution in [0.25, 0.3) is 0 Å². The topological polar surface area (TPSA) is 49.5 Å². The van der Waals surface area contributed by atoms with E-state index in [1.807, 2.05) is 44.2 Å². The van der Waals surface area contributed by atoms with Crippen LogP contribution in [-0.4, -0.2) is 44.4 Å². The third-order valence-corrected chi connectivity index (χ3v) is 5.56. The minimum atomic E-state index is -0.552. The molecule has 2 aliphatic heterocycles. The van der Waals surface area contributed by atoms with Gasteiger partial charge in [-0.15, -0.1) is 0 Å². The Balaban J connectivity index is 1.39. The van der Waals surface area contributed by atoms with Gasteiger partial charge in [-0.25, -0.2) is 4.39 Å². The van der Waals surface area contributed by atoms with Gasteiger partial charge in [0.1, 0.15) is 31.2 Å². The molecule has 4 rings (SSSR count). The summed E-state index contributed by atoms with van der Waals surface area (Å²) in [5.74, 6) is 0.113. The highest BCUT2D eigenvalue weighted by molar-refractivity contribution is 5.42. The average molecular weight is 416 g/mol. The Kier molecular flexibility index (Phi) is 5.75. The normalized spacial score (nSPS) is 22.7. The Hall–Kier alpha value is -2.15. The standard InChI is InChI=1S/C24H29FO5/c1-23(2,17-7-10-22(21(25)11-17)28-13-19-12-27-19)16-5-8-18(9-6-16)26-14-20-15-29-24(3,4)30-20/h5-11,19-20H,12-15H2,1-4H3/t19-,20+/m1/s1. The first kappa shape index (κ1) is 21.1. The fraction of sp³-hybridized carbons (Fsp3) is 0.500. The van der Waals surface area contributed by atoms with E-state index < -0.39 is 5.79 Å². The molecule has 0 saturated carbocycles. The van der Waals surface area contributed by atoms with Gasteiger partial charge in [0.25, 0.3) is 0 Å². The summed E-state index contributed by atoms with van der Waals surface area (Å²) in [5, 5.41) is 0. The van der Waals surface area contributed by atoms with E-state index in [-0.39, 0.29) is 29.2 Å². The van der Waals surface area contributed by atoms with E-state index in [0.29, 0.717) is 26.4 Å². The summed E-state index contributed by atoms with van der Waals surface area (Å²) in [6.45, 7) is 9.97. The molecule has 0 radical (unpaired) electrons. The highest BCUT2D eigenvalue weighted by Gasteiger charge is 2.33. The SMILES string of the molecule is CC1(C)OC[C@H](COc2ccc(C(C)(C)c3ccc(OC[C@H]4CO4)c(F)c3)cc2)O1. The Bertz CT molecular complexity index is 874. The number of ether oxygens (including phenoxy) is 5. The zero-order valence-electron chi connectivity index (χ0n) is 17.9. The maximum atomic E-state index is 14.5. The summed E-state index contributed by atoms with van der Waals surface area (Å²) < 4.78 is 42.3. The van der Waals surface area contributed by atoms with Crippen LogP contribution in [0.1, 0.15) is 38.8 Å². The second kappa shape index (κ2) is 8.17. The molecule has 0 N–H and O–H groups in total. The van der Waals surface area contributed by atoms with Gasteiger partial charge in [0, 0.05) is 5.41 Å². The minimum Gasteiger partial charge on any atom is -0.491 e. The summed E-state index contributed by atoms with van der Waals surface area (Å²) >= 11 is 0. The molecule has 0 amide bonds. The summed E-state index contributed by atoms with van der Waals surface area (Å²) in [6.07, 6.45) is 0.0202. The van der Waals surface area contributed by atoms with Gasteiger partial charge < -0.3 is 23.7 Å². The Morgan fingerprint density at radius 3 is 2.23 bits per heavy atom. The lowest BCUT2D eigenvalue weighted by Crippen LogP contribution is -2.25. The monoisotopic (exact) mass is 416 g/mol. The van der Waals surface area contributed by atoms with Crippen molar-refractivity contribution in [2.24, 2.45) is 0 Å². The number of hydrogen-bond donors (Lipinski definition) is 0. The van der Waals surface area contributed by atoms with Gasteiger partial charge in [0.15, 0.2) is 17.4 Å². The van der Waals surface area contributed by atoms with Crippen LogP contribution >= 0.6 is 0 Å². The molecule has 2 heterocycles. The lowest BCUT2D eigenvalue weighted by Gasteiger charge is -2.27. The number of rotatable bonds is 8. The number of halogens is 1. The Morgan fingerprint density at radius 1 is 0.967 bits per heavy atom. The van der Waals surface area contributed by atoms with E-state index in [1.165, 1.54) is 0 Å². The lowest BCUT2D eigenvalue weighted by molar-refractivity contribution is -0.141. The summed E-state index contributed by atoms with van der Waals surface area (Å²) in [5.41, 5.74) is 1.57. The van der Waals surface area contributed by atoms with Gasteiger partial charge in [-0.05, 0) is 49.2 Å². The molecule has 162 valence electrons. The molecule has 2 aliphatic rings. The molecule has 2 atom stereocenters. The summed E-state index contributed by atoms with van der Waals surface area (Å²) in [7, 11) is 0. The van der Waals surface area contributed by atoms with E-state index in [0.717, 1.165) is 16.9 Å². The number of epoxide rings is 1. The Morgan fingerprint density at radius 2 is 1.63 bits per heavy atom. The largest absolute Gasteiger partial charge is 0.491 e. The molecule has 2 fully saturated rings. The molecule has 0 aliphatic carbocycles. The third kappa shape index (κ3) is 4.94. The Labute approximate surface area is 177 Å². The molecule has 5 nitrogen and oxygen atoms in total. The average Bonchev–Trinajstić information content (AvgIpc) is 3.47. The minimum absolute atomic E-state index is 0.0775. The molecule has 0 unspecified atom stereocenters. The zero-order valence-corrected chi connectivity index (χ0v) is 17.9. The van der Waals surface area contributed by atoms with Gasteiger partial charge in [0.2, 0.25) is 0 Å². The summed E-state index contributed by atoms with van der Waals surface area (Å²) in [4.78, 5) is 0. The van der Waals surface area contributed by atoms with Gasteiger partial charge >= 0.3 is 0 Å². The zero-order chi connectivity index (χ0) is 21.4. The smallest absolute Gasteiger partial charge is 0.165 e. The first-order valence-electron chi connectivity index (χ1n) is 10.3. The van der Waals surface area contributed by atoms with Crippen molar-refractivity contribution in [3.63, 3.8) is 0 Å². The predicted molar refractivity (Wildman–Crippen MR) is 111 cm³/mol. The van der Waals surface area contributed by atoms with Crippen LogP contribution in [0.15, 0.2) is 42.5 Å². The van der Waals surface area contributed by atoms with Crippen LogP contribution in [0, 0.1) is 5.82 Å². The maximum absolute atomic E-state index is 14.5. The van der Waals surface area contributed by atoms with E-state index in [2.05, 4.69) is 13.8 Å². The van der Waals surface area contributed by atoms with Crippen LogP contribution in [0.2, 0.25) is 0 Å². The van der Waals surface area contributed by atoms with Crippen molar-refractivity contribution in [1.82, 2.24) is 0 Å². The number of benzene rings is 2.